The van der Waals surface area contributed by atoms with Crippen molar-refractivity contribution in [2.45, 2.75) is 39.3 Å². The van der Waals surface area contributed by atoms with Crippen LogP contribution in [-0.4, -0.2) is 61.0 Å². The van der Waals surface area contributed by atoms with Gasteiger partial charge in [0.25, 0.3) is 0 Å². The molecule has 1 aliphatic rings. The fraction of sp³-hybridized carbons (Fsp3) is 0.579. The zero-order valence-corrected chi connectivity index (χ0v) is 16.8. The van der Waals surface area contributed by atoms with Gasteiger partial charge in [0.2, 0.25) is 0 Å². The molecule has 1 aromatic heterocycles. The minimum Gasteiger partial charge on any atom is -0.444 e. The van der Waals surface area contributed by atoms with E-state index < -0.39 is 11.7 Å². The highest BCUT2D eigenvalue weighted by molar-refractivity contribution is 6.30. The van der Waals surface area contributed by atoms with Crippen LogP contribution < -0.4 is 4.90 Å². The first-order valence-corrected chi connectivity index (χ1v) is 9.01. The number of hydrogen-bond donors (Lipinski definition) is 0. The lowest BCUT2D eigenvalue weighted by Crippen LogP contribution is -2.38. The number of nitrogens with zero attached hydrogens (tertiary/aromatic N) is 3. The van der Waals surface area contributed by atoms with E-state index in [9.17, 15) is 4.79 Å². The van der Waals surface area contributed by atoms with Crippen LogP contribution in [0.25, 0.3) is 0 Å². The molecule has 0 bridgehead atoms. The predicted octanol–water partition coefficient (Wildman–Crippen LogP) is 3.18. The Morgan fingerprint density at radius 3 is 2.65 bits per heavy atom. The number of carbonyl (C=O) groups excluding carboxylic acids is 1. The third-order valence-electron chi connectivity index (χ3n) is 3.78. The molecule has 7 heteroatoms. The quantitative estimate of drug-likeness (QED) is 0.739. The molecule has 0 aliphatic carbocycles. The van der Waals surface area contributed by atoms with Crippen LogP contribution in [0.3, 0.4) is 0 Å². The fourth-order valence-electron chi connectivity index (χ4n) is 2.27. The molecule has 1 atom stereocenters. The van der Waals surface area contributed by atoms with Gasteiger partial charge in [-0.1, -0.05) is 17.5 Å². The number of carbonyl (C=O) groups is 1. The summed E-state index contributed by atoms with van der Waals surface area (Å²) in [4.78, 5) is 20.3. The first-order valence-electron chi connectivity index (χ1n) is 8.63. The van der Waals surface area contributed by atoms with Gasteiger partial charge in [-0.3, -0.25) is 4.90 Å². The van der Waals surface area contributed by atoms with Crippen LogP contribution in [0.2, 0.25) is 5.02 Å². The molecule has 0 spiro atoms. The zero-order valence-electron chi connectivity index (χ0n) is 16.0. The Morgan fingerprint density at radius 2 is 2.04 bits per heavy atom. The summed E-state index contributed by atoms with van der Waals surface area (Å²) in [6, 6.07) is 3.23. The van der Waals surface area contributed by atoms with Gasteiger partial charge < -0.3 is 14.4 Å². The lowest BCUT2D eigenvalue weighted by Gasteiger charge is -2.28. The van der Waals surface area contributed by atoms with E-state index in [0.29, 0.717) is 23.9 Å². The Labute approximate surface area is 160 Å². The number of halogens is 1. The predicted molar refractivity (Wildman–Crippen MR) is 103 cm³/mol. The van der Waals surface area contributed by atoms with Crippen molar-refractivity contribution in [3.05, 3.63) is 22.8 Å². The summed E-state index contributed by atoms with van der Waals surface area (Å²) in [5.41, 5.74) is 0.0310. The lowest BCUT2D eigenvalue weighted by molar-refractivity contribution is 0.0272. The van der Waals surface area contributed by atoms with Gasteiger partial charge in [-0.2, -0.15) is 0 Å². The van der Waals surface area contributed by atoms with E-state index in [4.69, 9.17) is 21.1 Å². The minimum absolute atomic E-state index is 0.322. The Bertz CT molecular complexity index is 700. The number of ether oxygens (including phenoxy) is 2. The first kappa shape index (κ1) is 20.3. The maximum atomic E-state index is 12.1. The molecule has 1 aromatic rings. The average Bonchev–Trinajstić information content (AvgIpc) is 2.57. The third-order valence-corrected chi connectivity index (χ3v) is 4.00. The van der Waals surface area contributed by atoms with Crippen molar-refractivity contribution >= 4 is 23.5 Å². The number of amides is 1. The topological polar surface area (TPSA) is 54.9 Å². The summed E-state index contributed by atoms with van der Waals surface area (Å²) in [6.45, 7) is 10.2. The number of hydrogen-bond acceptors (Lipinski definition) is 5. The van der Waals surface area contributed by atoms with Crippen LogP contribution in [0.15, 0.2) is 12.1 Å². The molecule has 6 nitrogen and oxygen atoms in total. The molecule has 1 amide bonds. The normalized spacial score (nSPS) is 15.7. The van der Waals surface area contributed by atoms with Crippen molar-refractivity contribution in [3.8, 4) is 11.8 Å². The molecule has 1 unspecified atom stereocenters. The summed E-state index contributed by atoms with van der Waals surface area (Å²) in [5.74, 6) is 6.83. The van der Waals surface area contributed by atoms with Gasteiger partial charge in [-0.05, 0) is 45.7 Å². The smallest absolute Gasteiger partial charge is 0.411 e. The van der Waals surface area contributed by atoms with Crippen LogP contribution in [0.4, 0.5) is 10.6 Å². The summed E-state index contributed by atoms with van der Waals surface area (Å²) >= 11 is 6.22. The SMILES string of the molecule is CC(C#Cc1cc(Cl)cc(N2CCOCC2)n1)N(C)C(=O)OC(C)(C)C. The maximum absolute atomic E-state index is 12.1. The highest BCUT2D eigenvalue weighted by Crippen LogP contribution is 2.19. The molecule has 0 radical (unpaired) electrons. The molecule has 1 aliphatic heterocycles. The van der Waals surface area contributed by atoms with Gasteiger partial charge in [-0.15, -0.1) is 0 Å². The van der Waals surface area contributed by atoms with Crippen LogP contribution in [0.5, 0.6) is 0 Å². The molecule has 1 saturated heterocycles. The van der Waals surface area contributed by atoms with Gasteiger partial charge in [0.05, 0.1) is 19.3 Å². The maximum Gasteiger partial charge on any atom is 0.411 e. The van der Waals surface area contributed by atoms with E-state index in [1.54, 1.807) is 13.1 Å². The largest absolute Gasteiger partial charge is 0.444 e. The second-order valence-corrected chi connectivity index (χ2v) is 7.60. The lowest BCUT2D eigenvalue weighted by atomic mass is 10.2. The molecule has 0 saturated carbocycles. The van der Waals surface area contributed by atoms with E-state index in [1.807, 2.05) is 33.8 Å². The van der Waals surface area contributed by atoms with Gasteiger partial charge in [0.1, 0.15) is 17.1 Å². The average molecular weight is 380 g/mol. The van der Waals surface area contributed by atoms with E-state index in [-0.39, 0.29) is 6.04 Å². The van der Waals surface area contributed by atoms with Gasteiger partial charge >= 0.3 is 6.09 Å². The highest BCUT2D eigenvalue weighted by Gasteiger charge is 2.22. The van der Waals surface area contributed by atoms with Crippen molar-refractivity contribution in [2.75, 3.05) is 38.3 Å². The van der Waals surface area contributed by atoms with Crippen molar-refractivity contribution in [2.24, 2.45) is 0 Å². The van der Waals surface area contributed by atoms with Crippen LogP contribution in [0.1, 0.15) is 33.4 Å². The van der Waals surface area contributed by atoms with E-state index in [1.165, 1.54) is 4.90 Å². The van der Waals surface area contributed by atoms with Crippen LogP contribution >= 0.6 is 11.6 Å². The zero-order chi connectivity index (χ0) is 19.3. The van der Waals surface area contributed by atoms with Crippen LogP contribution in [0, 0.1) is 11.8 Å². The standard InChI is InChI=1S/C19H26ClN3O3/c1-14(22(5)18(24)26-19(2,3)4)6-7-16-12-15(20)13-17(21-16)23-8-10-25-11-9-23/h12-14H,8-11H2,1-5H3. The molecule has 0 N–H and O–H groups in total. The second kappa shape index (κ2) is 8.61. The number of pyridine rings is 1. The second-order valence-electron chi connectivity index (χ2n) is 7.16. The molecule has 0 aromatic carbocycles. The summed E-state index contributed by atoms with van der Waals surface area (Å²) in [5, 5.41) is 0.582. The molecule has 26 heavy (non-hydrogen) atoms. The van der Waals surface area contributed by atoms with Crippen LogP contribution in [-0.2, 0) is 9.47 Å². The van der Waals surface area contributed by atoms with Crippen molar-refractivity contribution < 1.29 is 14.3 Å². The molecule has 2 heterocycles. The van der Waals surface area contributed by atoms with Gasteiger partial charge in [0.15, 0.2) is 0 Å². The summed E-state index contributed by atoms with van der Waals surface area (Å²) in [7, 11) is 1.66. The Kier molecular flexibility index (Phi) is 6.74. The summed E-state index contributed by atoms with van der Waals surface area (Å²) in [6.07, 6.45) is -0.410. The molecule has 2 rings (SSSR count). The number of morpholine rings is 1. The van der Waals surface area contributed by atoms with Crippen molar-refractivity contribution in [1.29, 1.82) is 0 Å². The third kappa shape index (κ3) is 6.08. The first-order chi connectivity index (χ1) is 12.2. The number of rotatable bonds is 2. The molecular weight excluding hydrogens is 354 g/mol. The van der Waals surface area contributed by atoms with E-state index in [2.05, 4.69) is 21.7 Å². The number of anilines is 1. The number of aromatic nitrogens is 1. The van der Waals surface area contributed by atoms with Crippen molar-refractivity contribution in [3.63, 3.8) is 0 Å². The molecule has 142 valence electrons. The van der Waals surface area contributed by atoms with Gasteiger partial charge in [-0.25, -0.2) is 9.78 Å². The Morgan fingerprint density at radius 1 is 1.38 bits per heavy atom. The Hall–Kier alpha value is -1.97. The monoisotopic (exact) mass is 379 g/mol. The Balaban J connectivity index is 2.10. The van der Waals surface area contributed by atoms with E-state index in [0.717, 1.165) is 18.9 Å². The molecule has 1 fully saturated rings. The minimum atomic E-state index is -0.542. The summed E-state index contributed by atoms with van der Waals surface area (Å²) < 4.78 is 10.7. The van der Waals surface area contributed by atoms with Crippen molar-refractivity contribution in [1.82, 2.24) is 9.88 Å². The van der Waals surface area contributed by atoms with E-state index >= 15 is 0 Å². The highest BCUT2D eigenvalue weighted by atomic mass is 35.5. The van der Waals surface area contributed by atoms with Gasteiger partial charge in [0, 0.05) is 25.2 Å². The molecular formula is C19H26ClN3O3. The fourth-order valence-corrected chi connectivity index (χ4v) is 2.47.